The minimum atomic E-state index is 0.143. The molecule has 1 fully saturated rings. The molecule has 0 aliphatic carbocycles. The van der Waals surface area contributed by atoms with E-state index in [1.165, 1.54) is 11.1 Å². The minimum Gasteiger partial charge on any atom is -0.339 e. The molecule has 0 radical (unpaired) electrons. The van der Waals surface area contributed by atoms with Crippen LogP contribution in [-0.2, 0) is 17.9 Å². The monoisotopic (exact) mass is 390 g/mol. The maximum Gasteiger partial charge on any atom is 0.244 e. The molecular weight excluding hydrogens is 368 g/mol. The molecule has 0 N–H and O–H groups in total. The third kappa shape index (κ3) is 4.05. The third-order valence-corrected chi connectivity index (χ3v) is 5.32. The summed E-state index contributed by atoms with van der Waals surface area (Å²) in [7, 11) is 0. The fraction of sp³-hybridized carbons (Fsp3) is 0.444. The smallest absolute Gasteiger partial charge is 0.244 e. The molecule has 5 nitrogen and oxygen atoms in total. The van der Waals surface area contributed by atoms with Gasteiger partial charge in [-0.2, -0.15) is 5.10 Å². The number of carbonyl (C=O) groups excluding carboxylic acids is 1. The van der Waals surface area contributed by atoms with E-state index in [4.69, 9.17) is 0 Å². The Morgan fingerprint density at radius 2 is 1.96 bits per heavy atom. The summed E-state index contributed by atoms with van der Waals surface area (Å²) in [5, 5.41) is 4.24. The Hall–Kier alpha value is -1.66. The molecule has 1 aliphatic heterocycles. The van der Waals surface area contributed by atoms with Crippen molar-refractivity contribution in [2.24, 2.45) is 0 Å². The van der Waals surface area contributed by atoms with E-state index < -0.39 is 0 Å². The number of benzene rings is 1. The largest absolute Gasteiger partial charge is 0.339 e. The predicted molar refractivity (Wildman–Crippen MR) is 97.7 cm³/mol. The summed E-state index contributed by atoms with van der Waals surface area (Å²) in [5.41, 5.74) is 3.62. The first kappa shape index (κ1) is 17.2. The standard InChI is InChI=1S/C18H23BrN4O/c1-14-4-3-5-16(10-14)12-21-6-8-22(9-7-21)18(24)13-23-15(2)17(19)11-20-23/h3-5,10-11H,6-9,12-13H2,1-2H3. The van der Waals surface area contributed by atoms with Crippen molar-refractivity contribution in [3.05, 3.63) is 51.8 Å². The van der Waals surface area contributed by atoms with Crippen molar-refractivity contribution in [3.63, 3.8) is 0 Å². The predicted octanol–water partition coefficient (Wildman–Crippen LogP) is 2.61. The van der Waals surface area contributed by atoms with Crippen LogP contribution in [0.4, 0.5) is 0 Å². The lowest BCUT2D eigenvalue weighted by Gasteiger charge is -2.34. The number of aryl methyl sites for hydroxylation is 1. The van der Waals surface area contributed by atoms with E-state index in [2.05, 4.69) is 57.1 Å². The average molecular weight is 391 g/mol. The Kier molecular flexibility index (Phi) is 5.36. The van der Waals surface area contributed by atoms with Crippen LogP contribution in [0.15, 0.2) is 34.9 Å². The molecule has 1 aromatic carbocycles. The molecule has 1 aliphatic rings. The highest BCUT2D eigenvalue weighted by Crippen LogP contribution is 2.15. The van der Waals surface area contributed by atoms with Crippen LogP contribution in [0.25, 0.3) is 0 Å². The zero-order chi connectivity index (χ0) is 17.1. The van der Waals surface area contributed by atoms with Gasteiger partial charge in [0.2, 0.25) is 5.91 Å². The Morgan fingerprint density at radius 3 is 2.58 bits per heavy atom. The van der Waals surface area contributed by atoms with Gasteiger partial charge in [-0.3, -0.25) is 14.4 Å². The first-order chi connectivity index (χ1) is 11.5. The number of piperazine rings is 1. The van der Waals surface area contributed by atoms with E-state index in [0.717, 1.165) is 42.9 Å². The SMILES string of the molecule is Cc1cccc(CN2CCN(C(=O)Cn3ncc(Br)c3C)CC2)c1. The highest BCUT2D eigenvalue weighted by molar-refractivity contribution is 9.10. The summed E-state index contributed by atoms with van der Waals surface area (Å²) in [6, 6.07) is 8.63. The van der Waals surface area contributed by atoms with E-state index in [1.807, 2.05) is 11.8 Å². The summed E-state index contributed by atoms with van der Waals surface area (Å²) >= 11 is 3.43. The number of amides is 1. The quantitative estimate of drug-likeness (QED) is 0.805. The molecule has 0 unspecified atom stereocenters. The van der Waals surface area contributed by atoms with Gasteiger partial charge in [-0.15, -0.1) is 0 Å². The molecule has 0 saturated carbocycles. The fourth-order valence-corrected chi connectivity index (χ4v) is 3.33. The van der Waals surface area contributed by atoms with Crippen LogP contribution in [0.3, 0.4) is 0 Å². The average Bonchev–Trinajstić information content (AvgIpc) is 2.87. The van der Waals surface area contributed by atoms with Crippen LogP contribution < -0.4 is 0 Å². The number of aromatic nitrogens is 2. The maximum atomic E-state index is 12.5. The number of halogens is 1. The molecule has 1 amide bonds. The Balaban J connectivity index is 1.51. The Labute approximate surface area is 151 Å². The molecule has 0 atom stereocenters. The molecule has 128 valence electrons. The first-order valence-corrected chi connectivity index (χ1v) is 9.06. The second kappa shape index (κ2) is 7.49. The summed E-state index contributed by atoms with van der Waals surface area (Å²) in [4.78, 5) is 16.8. The number of hydrogen-bond acceptors (Lipinski definition) is 3. The molecule has 2 aromatic rings. The lowest BCUT2D eigenvalue weighted by atomic mass is 10.1. The molecule has 1 aromatic heterocycles. The van der Waals surface area contributed by atoms with Gasteiger partial charge in [0.25, 0.3) is 0 Å². The first-order valence-electron chi connectivity index (χ1n) is 8.26. The van der Waals surface area contributed by atoms with E-state index in [9.17, 15) is 4.79 Å². The van der Waals surface area contributed by atoms with Gasteiger partial charge in [-0.25, -0.2) is 0 Å². The molecule has 24 heavy (non-hydrogen) atoms. The normalized spacial score (nSPS) is 15.7. The van der Waals surface area contributed by atoms with Crippen LogP contribution in [0, 0.1) is 13.8 Å². The topological polar surface area (TPSA) is 41.4 Å². The highest BCUT2D eigenvalue weighted by atomic mass is 79.9. The third-order valence-electron chi connectivity index (χ3n) is 4.54. The zero-order valence-corrected chi connectivity index (χ0v) is 15.8. The van der Waals surface area contributed by atoms with Crippen molar-refractivity contribution >= 4 is 21.8 Å². The maximum absolute atomic E-state index is 12.5. The molecule has 3 rings (SSSR count). The van der Waals surface area contributed by atoms with Gasteiger partial charge >= 0.3 is 0 Å². The van der Waals surface area contributed by atoms with Crippen molar-refractivity contribution in [2.75, 3.05) is 26.2 Å². The summed E-state index contributed by atoms with van der Waals surface area (Å²) < 4.78 is 2.70. The molecule has 0 bridgehead atoms. The van der Waals surface area contributed by atoms with Crippen molar-refractivity contribution in [3.8, 4) is 0 Å². The molecule has 1 saturated heterocycles. The Bertz CT molecular complexity index is 720. The van der Waals surface area contributed by atoms with Crippen LogP contribution in [-0.4, -0.2) is 51.7 Å². The van der Waals surface area contributed by atoms with Gasteiger partial charge in [-0.05, 0) is 35.3 Å². The Morgan fingerprint density at radius 1 is 1.21 bits per heavy atom. The minimum absolute atomic E-state index is 0.143. The molecule has 0 spiro atoms. The van der Waals surface area contributed by atoms with Crippen molar-refractivity contribution in [2.45, 2.75) is 26.9 Å². The fourth-order valence-electron chi connectivity index (χ4n) is 3.04. The van der Waals surface area contributed by atoms with E-state index in [1.54, 1.807) is 10.9 Å². The van der Waals surface area contributed by atoms with Crippen molar-refractivity contribution in [1.29, 1.82) is 0 Å². The lowest BCUT2D eigenvalue weighted by Crippen LogP contribution is -2.49. The molecule has 2 heterocycles. The van der Waals surface area contributed by atoms with E-state index >= 15 is 0 Å². The number of hydrogen-bond donors (Lipinski definition) is 0. The van der Waals surface area contributed by atoms with Crippen LogP contribution >= 0.6 is 15.9 Å². The van der Waals surface area contributed by atoms with Gasteiger partial charge in [0.15, 0.2) is 0 Å². The van der Waals surface area contributed by atoms with Crippen LogP contribution in [0.1, 0.15) is 16.8 Å². The van der Waals surface area contributed by atoms with Crippen molar-refractivity contribution in [1.82, 2.24) is 19.6 Å². The second-order valence-electron chi connectivity index (χ2n) is 6.38. The number of carbonyl (C=O) groups is 1. The van der Waals surface area contributed by atoms with Gasteiger partial charge < -0.3 is 4.90 Å². The highest BCUT2D eigenvalue weighted by Gasteiger charge is 2.22. The van der Waals surface area contributed by atoms with E-state index in [0.29, 0.717) is 6.54 Å². The van der Waals surface area contributed by atoms with Gasteiger partial charge in [0, 0.05) is 32.7 Å². The van der Waals surface area contributed by atoms with Gasteiger partial charge in [0.05, 0.1) is 16.4 Å². The summed E-state index contributed by atoms with van der Waals surface area (Å²) in [6.07, 6.45) is 1.74. The molecule has 6 heteroatoms. The van der Waals surface area contributed by atoms with Crippen LogP contribution in [0.5, 0.6) is 0 Å². The zero-order valence-electron chi connectivity index (χ0n) is 14.2. The molecular formula is C18H23BrN4O. The van der Waals surface area contributed by atoms with Crippen molar-refractivity contribution < 1.29 is 4.79 Å². The summed E-state index contributed by atoms with van der Waals surface area (Å²) in [5.74, 6) is 0.143. The lowest BCUT2D eigenvalue weighted by molar-refractivity contribution is -0.133. The van der Waals surface area contributed by atoms with Gasteiger partial charge in [0.1, 0.15) is 6.54 Å². The van der Waals surface area contributed by atoms with Gasteiger partial charge in [-0.1, -0.05) is 29.8 Å². The van der Waals surface area contributed by atoms with E-state index in [-0.39, 0.29) is 5.91 Å². The summed E-state index contributed by atoms with van der Waals surface area (Å²) in [6.45, 7) is 8.76. The van der Waals surface area contributed by atoms with Crippen LogP contribution in [0.2, 0.25) is 0 Å². The second-order valence-corrected chi connectivity index (χ2v) is 7.24. The number of rotatable bonds is 4. The number of nitrogens with zero attached hydrogens (tertiary/aromatic N) is 4.